The zero-order valence-electron chi connectivity index (χ0n) is 17.7. The molecule has 0 bridgehead atoms. The predicted octanol–water partition coefficient (Wildman–Crippen LogP) is 9.45. The number of hydrogen-bond acceptors (Lipinski definition) is 0. The van der Waals surface area contributed by atoms with Crippen LogP contribution in [0.3, 0.4) is 0 Å². The van der Waals surface area contributed by atoms with E-state index in [0.717, 1.165) is 0 Å². The standard InChI is InChI=1S/C26H46/c1-2-6-10-14-18-22-25(21-17-13-9-5-1)26-23-19-15-11-7-3-4-8-12-16-20-24-26/h21,23H,1-20,22,24H2/b25-21+,26-23+. The smallest absolute Gasteiger partial charge is 0.0279 e. The van der Waals surface area contributed by atoms with Gasteiger partial charge in [-0.1, -0.05) is 102 Å². The predicted molar refractivity (Wildman–Crippen MR) is 118 cm³/mol. The van der Waals surface area contributed by atoms with Crippen LogP contribution in [0, 0.1) is 0 Å². The minimum absolute atomic E-state index is 1.33. The highest BCUT2D eigenvalue weighted by Crippen LogP contribution is 2.27. The molecule has 0 aliphatic heterocycles. The summed E-state index contributed by atoms with van der Waals surface area (Å²) in [5.74, 6) is 0. The van der Waals surface area contributed by atoms with Crippen molar-refractivity contribution >= 4 is 0 Å². The first-order valence-electron chi connectivity index (χ1n) is 12.4. The average molecular weight is 359 g/mol. The maximum Gasteiger partial charge on any atom is -0.0279 e. The van der Waals surface area contributed by atoms with Crippen LogP contribution in [0.5, 0.6) is 0 Å². The molecule has 0 heteroatoms. The van der Waals surface area contributed by atoms with Crippen LogP contribution in [-0.4, -0.2) is 0 Å². The van der Waals surface area contributed by atoms with Crippen molar-refractivity contribution in [1.82, 2.24) is 0 Å². The lowest BCUT2D eigenvalue weighted by Gasteiger charge is -2.14. The summed E-state index contributed by atoms with van der Waals surface area (Å²) in [4.78, 5) is 0. The molecule has 0 fully saturated rings. The molecule has 0 aromatic carbocycles. The van der Waals surface area contributed by atoms with Crippen LogP contribution in [0.4, 0.5) is 0 Å². The molecule has 26 heavy (non-hydrogen) atoms. The van der Waals surface area contributed by atoms with Gasteiger partial charge in [0, 0.05) is 0 Å². The lowest BCUT2D eigenvalue weighted by Crippen LogP contribution is -1.94. The Morgan fingerprint density at radius 3 is 0.923 bits per heavy atom. The molecule has 0 saturated carbocycles. The summed E-state index contributed by atoms with van der Waals surface area (Å²) in [6.07, 6.45) is 36.8. The van der Waals surface area contributed by atoms with Crippen LogP contribution in [0.25, 0.3) is 0 Å². The van der Waals surface area contributed by atoms with E-state index in [4.69, 9.17) is 0 Å². The van der Waals surface area contributed by atoms with Crippen molar-refractivity contribution in [2.45, 2.75) is 141 Å². The van der Waals surface area contributed by atoms with E-state index < -0.39 is 0 Å². The van der Waals surface area contributed by atoms with Crippen LogP contribution in [0.1, 0.15) is 141 Å². The summed E-state index contributed by atoms with van der Waals surface area (Å²) in [6.45, 7) is 0. The van der Waals surface area contributed by atoms with E-state index in [1.54, 1.807) is 11.1 Å². The highest BCUT2D eigenvalue weighted by molar-refractivity contribution is 5.31. The summed E-state index contributed by atoms with van der Waals surface area (Å²) in [5.41, 5.74) is 3.50. The minimum atomic E-state index is 1.33. The van der Waals surface area contributed by atoms with Gasteiger partial charge in [-0.05, 0) is 62.5 Å². The van der Waals surface area contributed by atoms with E-state index in [9.17, 15) is 0 Å². The second kappa shape index (κ2) is 15.5. The Balaban J connectivity index is 1.95. The molecule has 0 aromatic heterocycles. The maximum absolute atomic E-state index is 2.65. The van der Waals surface area contributed by atoms with E-state index in [2.05, 4.69) is 12.2 Å². The van der Waals surface area contributed by atoms with Gasteiger partial charge < -0.3 is 0 Å². The quantitative estimate of drug-likeness (QED) is 0.438. The van der Waals surface area contributed by atoms with Gasteiger partial charge in [0.2, 0.25) is 0 Å². The Hall–Kier alpha value is -0.520. The van der Waals surface area contributed by atoms with Crippen molar-refractivity contribution in [1.29, 1.82) is 0 Å². The Morgan fingerprint density at radius 2 is 0.577 bits per heavy atom. The fourth-order valence-corrected chi connectivity index (χ4v) is 4.73. The zero-order chi connectivity index (χ0) is 18.1. The maximum atomic E-state index is 2.65. The van der Waals surface area contributed by atoms with Gasteiger partial charge >= 0.3 is 0 Å². The summed E-state index contributed by atoms with van der Waals surface area (Å²) in [7, 11) is 0. The molecule has 0 aromatic rings. The van der Waals surface area contributed by atoms with Gasteiger partial charge in [0.05, 0.1) is 0 Å². The Kier molecular flexibility index (Phi) is 13.0. The van der Waals surface area contributed by atoms with E-state index in [-0.39, 0.29) is 0 Å². The van der Waals surface area contributed by atoms with Gasteiger partial charge in [0.15, 0.2) is 0 Å². The van der Waals surface area contributed by atoms with Gasteiger partial charge in [0.1, 0.15) is 0 Å². The van der Waals surface area contributed by atoms with Gasteiger partial charge in [0.25, 0.3) is 0 Å². The molecule has 0 N–H and O–H groups in total. The van der Waals surface area contributed by atoms with Crippen molar-refractivity contribution in [3.8, 4) is 0 Å². The van der Waals surface area contributed by atoms with Crippen molar-refractivity contribution in [3.05, 3.63) is 23.3 Å². The minimum Gasteiger partial charge on any atom is -0.0811 e. The van der Waals surface area contributed by atoms with Crippen molar-refractivity contribution < 1.29 is 0 Å². The highest BCUT2D eigenvalue weighted by atomic mass is 14.1. The van der Waals surface area contributed by atoms with Gasteiger partial charge in [-0.25, -0.2) is 0 Å². The van der Waals surface area contributed by atoms with Crippen LogP contribution >= 0.6 is 0 Å². The van der Waals surface area contributed by atoms with Gasteiger partial charge in [-0.2, -0.15) is 0 Å². The fraction of sp³-hybridized carbons (Fsp3) is 0.846. The SMILES string of the molecule is C1=C(/C2=C/CCCCCCCCCCC2)CCCCCCCCCCC/1. The fourth-order valence-electron chi connectivity index (χ4n) is 4.73. The van der Waals surface area contributed by atoms with E-state index in [0.29, 0.717) is 0 Å². The monoisotopic (exact) mass is 358 g/mol. The Labute approximate surface area is 164 Å². The molecule has 0 heterocycles. The van der Waals surface area contributed by atoms with Crippen LogP contribution in [0.15, 0.2) is 23.3 Å². The third-order valence-electron chi connectivity index (χ3n) is 6.49. The Bertz CT molecular complexity index is 349. The summed E-state index contributed by atoms with van der Waals surface area (Å²) in [5, 5.41) is 0. The van der Waals surface area contributed by atoms with Crippen LogP contribution in [0.2, 0.25) is 0 Å². The molecular weight excluding hydrogens is 312 g/mol. The molecule has 2 aliphatic rings. The average Bonchev–Trinajstić information content (AvgIpc) is 2.70. The Morgan fingerprint density at radius 1 is 0.308 bits per heavy atom. The highest BCUT2D eigenvalue weighted by Gasteiger charge is 2.07. The molecule has 2 aliphatic carbocycles. The molecular formula is C26H46. The molecule has 0 atom stereocenters. The first kappa shape index (κ1) is 21.8. The molecule has 150 valence electrons. The number of hydrogen-bond donors (Lipinski definition) is 0. The normalized spacial score (nSPS) is 28.3. The molecule has 0 radical (unpaired) electrons. The lowest BCUT2D eigenvalue weighted by molar-refractivity contribution is 0.562. The first-order valence-corrected chi connectivity index (χ1v) is 12.4. The van der Waals surface area contributed by atoms with Crippen LogP contribution < -0.4 is 0 Å². The largest absolute Gasteiger partial charge is 0.0811 e. The molecule has 0 amide bonds. The summed E-state index contributed by atoms with van der Waals surface area (Å²) >= 11 is 0. The third kappa shape index (κ3) is 10.6. The van der Waals surface area contributed by atoms with E-state index in [1.807, 2.05) is 0 Å². The van der Waals surface area contributed by atoms with Crippen LogP contribution in [-0.2, 0) is 0 Å². The molecule has 0 nitrogen and oxygen atoms in total. The third-order valence-corrected chi connectivity index (χ3v) is 6.49. The second-order valence-corrected chi connectivity index (χ2v) is 8.90. The van der Waals surface area contributed by atoms with E-state index >= 15 is 0 Å². The van der Waals surface area contributed by atoms with E-state index in [1.165, 1.54) is 141 Å². The molecule has 0 unspecified atom stereocenters. The van der Waals surface area contributed by atoms with Gasteiger partial charge in [-0.3, -0.25) is 0 Å². The first-order chi connectivity index (χ1) is 13.0. The topological polar surface area (TPSA) is 0 Å². The number of allylic oxidation sites excluding steroid dienone is 4. The molecule has 2 rings (SSSR count). The van der Waals surface area contributed by atoms with Crippen molar-refractivity contribution in [2.75, 3.05) is 0 Å². The second-order valence-electron chi connectivity index (χ2n) is 8.90. The van der Waals surface area contributed by atoms with Crippen molar-refractivity contribution in [3.63, 3.8) is 0 Å². The lowest BCUT2D eigenvalue weighted by atomic mass is 9.92. The molecule has 0 spiro atoms. The van der Waals surface area contributed by atoms with Crippen molar-refractivity contribution in [2.24, 2.45) is 0 Å². The summed E-state index contributed by atoms with van der Waals surface area (Å²) < 4.78 is 0. The molecule has 0 saturated heterocycles. The zero-order valence-corrected chi connectivity index (χ0v) is 17.7. The number of rotatable bonds is 1. The van der Waals surface area contributed by atoms with Gasteiger partial charge in [-0.15, -0.1) is 0 Å². The summed E-state index contributed by atoms with van der Waals surface area (Å²) in [6, 6.07) is 0.